The van der Waals surface area contributed by atoms with Gasteiger partial charge in [-0.15, -0.1) is 12.4 Å². The third-order valence-electron chi connectivity index (χ3n) is 3.76. The molecule has 2 atom stereocenters. The summed E-state index contributed by atoms with van der Waals surface area (Å²) in [6, 6.07) is 9.03. The highest BCUT2D eigenvalue weighted by Gasteiger charge is 2.22. The van der Waals surface area contributed by atoms with Gasteiger partial charge in [0.15, 0.2) is 0 Å². The van der Waals surface area contributed by atoms with Gasteiger partial charge in [-0.1, -0.05) is 31.2 Å². The van der Waals surface area contributed by atoms with E-state index in [1.54, 1.807) is 7.11 Å². The monoisotopic (exact) mass is 284 g/mol. The van der Waals surface area contributed by atoms with Crippen LogP contribution in [0.2, 0.25) is 0 Å². The number of rotatable bonds is 4. The summed E-state index contributed by atoms with van der Waals surface area (Å²) >= 11 is 0. The summed E-state index contributed by atoms with van der Waals surface area (Å²) in [6.45, 7) is 6.18. The summed E-state index contributed by atoms with van der Waals surface area (Å²) in [7, 11) is 1.74. The molecule has 1 fully saturated rings. The largest absolute Gasteiger partial charge is 0.380 e. The predicted molar refractivity (Wildman–Crippen MR) is 81.4 cm³/mol. The van der Waals surface area contributed by atoms with Gasteiger partial charge >= 0.3 is 0 Å². The van der Waals surface area contributed by atoms with Gasteiger partial charge in [0.25, 0.3) is 0 Å². The van der Waals surface area contributed by atoms with Crippen molar-refractivity contribution in [2.24, 2.45) is 11.7 Å². The maximum atomic E-state index is 6.05. The standard InChI is InChI=1S/C15H24N2O.ClH/c1-12-9-17(7-6-15(12)16)10-13-4-3-5-14(8-13)11-18-2;/h3-5,8,12,15H,6-7,9-11,16H2,1-2H3;1H. The number of ether oxygens (including phenoxy) is 1. The lowest BCUT2D eigenvalue weighted by Crippen LogP contribution is -2.45. The van der Waals surface area contributed by atoms with E-state index in [0.717, 1.165) is 26.1 Å². The first-order valence-electron chi connectivity index (χ1n) is 6.73. The molecule has 4 heteroatoms. The van der Waals surface area contributed by atoms with Gasteiger partial charge < -0.3 is 10.5 Å². The molecule has 2 N–H and O–H groups in total. The molecule has 0 spiro atoms. The first kappa shape index (κ1) is 16.4. The van der Waals surface area contributed by atoms with E-state index in [4.69, 9.17) is 10.5 Å². The van der Waals surface area contributed by atoms with Crippen LogP contribution >= 0.6 is 12.4 Å². The molecule has 0 amide bonds. The first-order chi connectivity index (χ1) is 8.69. The normalized spacial score (nSPS) is 23.9. The van der Waals surface area contributed by atoms with Crippen LogP contribution in [-0.4, -0.2) is 31.1 Å². The zero-order valence-electron chi connectivity index (χ0n) is 11.8. The van der Waals surface area contributed by atoms with Gasteiger partial charge in [0.1, 0.15) is 0 Å². The van der Waals surface area contributed by atoms with Crippen molar-refractivity contribution in [3.8, 4) is 0 Å². The second-order valence-corrected chi connectivity index (χ2v) is 5.42. The van der Waals surface area contributed by atoms with Crippen LogP contribution in [0.15, 0.2) is 24.3 Å². The third kappa shape index (κ3) is 4.77. The van der Waals surface area contributed by atoms with Crippen molar-refractivity contribution in [2.45, 2.75) is 32.5 Å². The van der Waals surface area contributed by atoms with E-state index in [2.05, 4.69) is 36.1 Å². The number of methoxy groups -OCH3 is 1. The quantitative estimate of drug-likeness (QED) is 0.923. The molecule has 2 unspecified atom stereocenters. The molecule has 1 aliphatic rings. The highest BCUT2D eigenvalue weighted by Crippen LogP contribution is 2.18. The van der Waals surface area contributed by atoms with Crippen LogP contribution < -0.4 is 5.73 Å². The zero-order chi connectivity index (χ0) is 13.0. The van der Waals surface area contributed by atoms with Crippen LogP contribution in [0.1, 0.15) is 24.5 Å². The molecule has 1 saturated heterocycles. The number of halogens is 1. The smallest absolute Gasteiger partial charge is 0.0713 e. The zero-order valence-corrected chi connectivity index (χ0v) is 12.7. The molecule has 0 saturated carbocycles. The maximum Gasteiger partial charge on any atom is 0.0713 e. The van der Waals surface area contributed by atoms with Crippen LogP contribution in [0.5, 0.6) is 0 Å². The number of hydrogen-bond donors (Lipinski definition) is 1. The number of piperidine rings is 1. The van der Waals surface area contributed by atoms with Crippen molar-refractivity contribution in [3.63, 3.8) is 0 Å². The lowest BCUT2D eigenvalue weighted by Gasteiger charge is -2.35. The van der Waals surface area contributed by atoms with Crippen molar-refractivity contribution in [3.05, 3.63) is 35.4 Å². The van der Waals surface area contributed by atoms with Crippen LogP contribution in [0.4, 0.5) is 0 Å². The topological polar surface area (TPSA) is 38.5 Å². The summed E-state index contributed by atoms with van der Waals surface area (Å²) in [5.74, 6) is 0.598. The minimum Gasteiger partial charge on any atom is -0.380 e. The average molecular weight is 285 g/mol. The molecule has 3 nitrogen and oxygen atoms in total. The number of likely N-dealkylation sites (tertiary alicyclic amines) is 1. The van der Waals surface area contributed by atoms with Crippen molar-refractivity contribution in [1.29, 1.82) is 0 Å². The van der Waals surface area contributed by atoms with E-state index in [1.807, 2.05) is 0 Å². The number of nitrogens with zero attached hydrogens (tertiary/aromatic N) is 1. The summed E-state index contributed by atoms with van der Waals surface area (Å²) in [5, 5.41) is 0. The average Bonchev–Trinajstić information content (AvgIpc) is 2.35. The minimum absolute atomic E-state index is 0. The SMILES string of the molecule is COCc1cccc(CN2CCC(N)C(C)C2)c1.Cl. The highest BCUT2D eigenvalue weighted by molar-refractivity contribution is 5.85. The fraction of sp³-hybridized carbons (Fsp3) is 0.600. The Morgan fingerprint density at radius 3 is 2.79 bits per heavy atom. The molecule has 1 aromatic carbocycles. The van der Waals surface area contributed by atoms with Crippen molar-refractivity contribution in [2.75, 3.05) is 20.2 Å². The Bertz CT molecular complexity index is 386. The molecule has 0 aliphatic carbocycles. The van der Waals surface area contributed by atoms with E-state index < -0.39 is 0 Å². The number of benzene rings is 1. The molecule has 1 heterocycles. The first-order valence-corrected chi connectivity index (χ1v) is 6.73. The van der Waals surface area contributed by atoms with Crippen LogP contribution in [0.25, 0.3) is 0 Å². The van der Waals surface area contributed by atoms with Crippen molar-refractivity contribution in [1.82, 2.24) is 4.90 Å². The van der Waals surface area contributed by atoms with Gasteiger partial charge in [0, 0.05) is 26.2 Å². The van der Waals surface area contributed by atoms with E-state index in [9.17, 15) is 0 Å². The molecule has 1 aliphatic heterocycles. The molecule has 1 aromatic rings. The van der Waals surface area contributed by atoms with Gasteiger partial charge in [0.05, 0.1) is 6.61 Å². The highest BCUT2D eigenvalue weighted by atomic mass is 35.5. The van der Waals surface area contributed by atoms with Gasteiger partial charge in [-0.3, -0.25) is 4.90 Å². The number of nitrogens with two attached hydrogens (primary N) is 1. The molecule has 0 radical (unpaired) electrons. The van der Waals surface area contributed by atoms with E-state index in [0.29, 0.717) is 18.6 Å². The lowest BCUT2D eigenvalue weighted by molar-refractivity contribution is 0.157. The molecule has 108 valence electrons. The van der Waals surface area contributed by atoms with Gasteiger partial charge in [0.2, 0.25) is 0 Å². The maximum absolute atomic E-state index is 6.05. The molecular weight excluding hydrogens is 260 g/mol. The molecular formula is C15H25ClN2O. The van der Waals surface area contributed by atoms with Crippen LogP contribution in [-0.2, 0) is 17.9 Å². The Morgan fingerprint density at radius 1 is 1.37 bits per heavy atom. The van der Waals surface area contributed by atoms with E-state index >= 15 is 0 Å². The van der Waals surface area contributed by atoms with Crippen molar-refractivity contribution < 1.29 is 4.74 Å². The van der Waals surface area contributed by atoms with Crippen LogP contribution in [0, 0.1) is 5.92 Å². The van der Waals surface area contributed by atoms with Gasteiger partial charge in [-0.05, 0) is 30.0 Å². The second-order valence-electron chi connectivity index (χ2n) is 5.42. The Labute approximate surface area is 122 Å². The van der Waals surface area contributed by atoms with Gasteiger partial charge in [-0.25, -0.2) is 0 Å². The number of hydrogen-bond acceptors (Lipinski definition) is 3. The van der Waals surface area contributed by atoms with Crippen LogP contribution in [0.3, 0.4) is 0 Å². The summed E-state index contributed by atoms with van der Waals surface area (Å²) in [5.41, 5.74) is 8.67. The Hall–Kier alpha value is -0.610. The summed E-state index contributed by atoms with van der Waals surface area (Å²) in [4.78, 5) is 2.50. The van der Waals surface area contributed by atoms with E-state index in [1.165, 1.54) is 11.1 Å². The molecule has 0 aromatic heterocycles. The van der Waals surface area contributed by atoms with Gasteiger partial charge in [-0.2, -0.15) is 0 Å². The Balaban J connectivity index is 0.00000180. The summed E-state index contributed by atoms with van der Waals surface area (Å²) in [6.07, 6.45) is 1.11. The minimum atomic E-state index is 0. The molecule has 0 bridgehead atoms. The molecule has 2 rings (SSSR count). The fourth-order valence-corrected chi connectivity index (χ4v) is 2.64. The Morgan fingerprint density at radius 2 is 2.11 bits per heavy atom. The lowest BCUT2D eigenvalue weighted by atomic mass is 9.94. The fourth-order valence-electron chi connectivity index (χ4n) is 2.64. The molecule has 19 heavy (non-hydrogen) atoms. The van der Waals surface area contributed by atoms with E-state index in [-0.39, 0.29) is 12.4 Å². The second kappa shape index (κ2) is 7.85. The summed E-state index contributed by atoms with van der Waals surface area (Å²) < 4.78 is 5.17. The van der Waals surface area contributed by atoms with Crippen molar-refractivity contribution >= 4 is 12.4 Å². The third-order valence-corrected chi connectivity index (χ3v) is 3.76. The predicted octanol–water partition coefficient (Wildman–Crippen LogP) is 2.42. The Kier molecular flexibility index (Phi) is 6.80.